The molecule has 5 heteroatoms. The summed E-state index contributed by atoms with van der Waals surface area (Å²) in [4.78, 5) is 0. The Balaban J connectivity index is 2.18. The van der Waals surface area contributed by atoms with Crippen molar-refractivity contribution in [3.63, 3.8) is 0 Å². The largest absolute Gasteiger partial charge is 0.494 e. The number of nitrogens with one attached hydrogen (secondary N) is 1. The van der Waals surface area contributed by atoms with Crippen molar-refractivity contribution < 1.29 is 4.74 Å². The third-order valence-corrected chi connectivity index (χ3v) is 2.31. The minimum absolute atomic E-state index is 0.437. The quantitative estimate of drug-likeness (QED) is 0.656. The Kier molecular flexibility index (Phi) is 3.72. The minimum atomic E-state index is 0.437. The number of ether oxygens (including phenoxy) is 1. The molecule has 90 valence electrons. The van der Waals surface area contributed by atoms with E-state index in [0.29, 0.717) is 12.4 Å². The molecule has 0 amide bonds. The van der Waals surface area contributed by atoms with Gasteiger partial charge in [-0.05, 0) is 43.3 Å². The molecule has 1 N–H and O–H groups in total. The number of rotatable bonds is 4. The first-order chi connectivity index (χ1) is 8.83. The second-order valence-corrected chi connectivity index (χ2v) is 3.50. The molecular formula is C13H12N4O. The molecule has 5 nitrogen and oxygen atoms in total. The van der Waals surface area contributed by atoms with Crippen molar-refractivity contribution in [2.24, 2.45) is 0 Å². The van der Waals surface area contributed by atoms with E-state index in [0.717, 1.165) is 17.0 Å². The van der Waals surface area contributed by atoms with E-state index in [9.17, 15) is 0 Å². The highest BCUT2D eigenvalue weighted by atomic mass is 16.5. The van der Waals surface area contributed by atoms with Crippen LogP contribution in [0.15, 0.2) is 36.4 Å². The molecule has 0 fully saturated rings. The molecule has 0 saturated carbocycles. The Morgan fingerprint density at radius 3 is 2.50 bits per heavy atom. The number of benzene rings is 1. The first kappa shape index (κ1) is 11.9. The van der Waals surface area contributed by atoms with Gasteiger partial charge in [0.15, 0.2) is 12.0 Å². The number of nitrogens with zero attached hydrogens (tertiary/aromatic N) is 3. The molecule has 0 saturated heterocycles. The zero-order chi connectivity index (χ0) is 12.8. The smallest absolute Gasteiger partial charge is 0.182 e. The minimum Gasteiger partial charge on any atom is -0.494 e. The lowest BCUT2D eigenvalue weighted by atomic mass is 10.1. The summed E-state index contributed by atoms with van der Waals surface area (Å²) in [6.45, 7) is 2.59. The number of anilines is 1. The topological polar surface area (TPSA) is 70.8 Å². The number of nitriles is 1. The van der Waals surface area contributed by atoms with Gasteiger partial charge in [-0.15, -0.1) is 10.2 Å². The molecular weight excluding hydrogens is 228 g/mol. The summed E-state index contributed by atoms with van der Waals surface area (Å²) in [6.07, 6.45) is 1.80. The van der Waals surface area contributed by atoms with E-state index < -0.39 is 0 Å². The van der Waals surface area contributed by atoms with Crippen LogP contribution in [-0.4, -0.2) is 16.8 Å². The number of hydrogen-bond acceptors (Lipinski definition) is 5. The van der Waals surface area contributed by atoms with Crippen LogP contribution in [0.2, 0.25) is 0 Å². The number of aromatic nitrogens is 2. The van der Waals surface area contributed by atoms with Gasteiger partial charge in [0.05, 0.1) is 12.3 Å². The fourth-order valence-electron chi connectivity index (χ4n) is 1.50. The predicted molar refractivity (Wildman–Crippen MR) is 67.9 cm³/mol. The lowest BCUT2D eigenvalue weighted by Gasteiger charge is -2.04. The number of hydrogen-bond donors (Lipinski definition) is 1. The lowest BCUT2D eigenvalue weighted by molar-refractivity contribution is 0.340. The van der Waals surface area contributed by atoms with E-state index in [1.807, 2.05) is 37.3 Å². The molecule has 0 atom stereocenters. The fourth-order valence-corrected chi connectivity index (χ4v) is 1.50. The van der Waals surface area contributed by atoms with E-state index in [-0.39, 0.29) is 0 Å². The van der Waals surface area contributed by atoms with Gasteiger partial charge in [0.1, 0.15) is 5.75 Å². The molecule has 0 aliphatic heterocycles. The molecule has 1 aromatic heterocycles. The van der Waals surface area contributed by atoms with E-state index >= 15 is 0 Å². The van der Waals surface area contributed by atoms with Crippen LogP contribution in [0.1, 0.15) is 6.92 Å². The summed E-state index contributed by atoms with van der Waals surface area (Å²) in [5, 5.41) is 18.8. The van der Waals surface area contributed by atoms with Crippen LogP contribution < -0.4 is 10.1 Å². The van der Waals surface area contributed by atoms with Crippen molar-refractivity contribution in [3.05, 3.63) is 36.4 Å². The summed E-state index contributed by atoms with van der Waals surface area (Å²) >= 11 is 0. The van der Waals surface area contributed by atoms with Gasteiger partial charge in [0.25, 0.3) is 0 Å². The Morgan fingerprint density at radius 1 is 1.17 bits per heavy atom. The van der Waals surface area contributed by atoms with Crippen molar-refractivity contribution in [2.45, 2.75) is 6.92 Å². The van der Waals surface area contributed by atoms with E-state index in [4.69, 9.17) is 10.00 Å². The average Bonchev–Trinajstić information content (AvgIpc) is 2.41. The monoisotopic (exact) mass is 240 g/mol. The third kappa shape index (κ3) is 2.74. The second kappa shape index (κ2) is 5.64. The van der Waals surface area contributed by atoms with Gasteiger partial charge >= 0.3 is 0 Å². The molecule has 1 heterocycles. The van der Waals surface area contributed by atoms with Crippen molar-refractivity contribution >= 4 is 5.82 Å². The predicted octanol–water partition coefficient (Wildman–Crippen LogP) is 2.44. The Bertz CT molecular complexity index is 543. The van der Waals surface area contributed by atoms with E-state index in [2.05, 4.69) is 15.5 Å². The van der Waals surface area contributed by atoms with Crippen molar-refractivity contribution in [3.8, 4) is 23.2 Å². The maximum atomic E-state index is 8.44. The highest BCUT2D eigenvalue weighted by molar-refractivity contribution is 5.60. The zero-order valence-electron chi connectivity index (χ0n) is 9.92. The summed E-state index contributed by atoms with van der Waals surface area (Å²) < 4.78 is 5.37. The van der Waals surface area contributed by atoms with Crippen LogP contribution in [0.3, 0.4) is 0 Å². The summed E-state index contributed by atoms with van der Waals surface area (Å²) in [6, 6.07) is 11.1. The highest BCUT2D eigenvalue weighted by Gasteiger charge is 2.01. The molecule has 0 spiro atoms. The Morgan fingerprint density at radius 2 is 1.94 bits per heavy atom. The SMILES string of the molecule is CCOc1ccc(-c2ccc(NC#N)nn2)cc1. The lowest BCUT2D eigenvalue weighted by Crippen LogP contribution is -1.95. The fraction of sp³-hybridized carbons (Fsp3) is 0.154. The normalized spacial score (nSPS) is 9.56. The first-order valence-corrected chi connectivity index (χ1v) is 5.55. The maximum Gasteiger partial charge on any atom is 0.182 e. The Labute approximate surface area is 105 Å². The van der Waals surface area contributed by atoms with E-state index in [1.165, 1.54) is 0 Å². The second-order valence-electron chi connectivity index (χ2n) is 3.50. The molecule has 0 aliphatic rings. The van der Waals surface area contributed by atoms with Gasteiger partial charge in [0.2, 0.25) is 0 Å². The van der Waals surface area contributed by atoms with Crippen LogP contribution in [0, 0.1) is 11.5 Å². The van der Waals surface area contributed by atoms with Crippen LogP contribution in [0.5, 0.6) is 5.75 Å². The summed E-state index contributed by atoms with van der Waals surface area (Å²) in [5.41, 5.74) is 1.70. The van der Waals surface area contributed by atoms with Crippen LogP contribution in [0.4, 0.5) is 5.82 Å². The standard InChI is InChI=1S/C13H12N4O/c1-2-18-11-5-3-10(4-6-11)12-7-8-13(15-9-14)17-16-12/h3-8H,2H2,1H3,(H,15,17). The highest BCUT2D eigenvalue weighted by Crippen LogP contribution is 2.20. The molecule has 0 radical (unpaired) electrons. The van der Waals surface area contributed by atoms with Crippen molar-refractivity contribution in [1.29, 1.82) is 5.26 Å². The van der Waals surface area contributed by atoms with Gasteiger partial charge in [-0.1, -0.05) is 0 Å². The molecule has 0 unspecified atom stereocenters. The van der Waals surface area contributed by atoms with Crippen molar-refractivity contribution in [1.82, 2.24) is 10.2 Å². The van der Waals surface area contributed by atoms with Crippen LogP contribution in [-0.2, 0) is 0 Å². The zero-order valence-corrected chi connectivity index (χ0v) is 9.92. The molecule has 0 bridgehead atoms. The first-order valence-electron chi connectivity index (χ1n) is 5.55. The Hall–Kier alpha value is -2.61. The molecule has 0 aliphatic carbocycles. The van der Waals surface area contributed by atoms with Crippen LogP contribution >= 0.6 is 0 Å². The van der Waals surface area contributed by atoms with Gasteiger partial charge < -0.3 is 4.74 Å². The molecule has 18 heavy (non-hydrogen) atoms. The maximum absolute atomic E-state index is 8.44. The third-order valence-electron chi connectivity index (χ3n) is 2.31. The van der Waals surface area contributed by atoms with Gasteiger partial charge in [-0.2, -0.15) is 5.26 Å². The summed E-state index contributed by atoms with van der Waals surface area (Å²) in [7, 11) is 0. The van der Waals surface area contributed by atoms with Crippen molar-refractivity contribution in [2.75, 3.05) is 11.9 Å². The van der Waals surface area contributed by atoms with Crippen LogP contribution in [0.25, 0.3) is 11.3 Å². The summed E-state index contributed by atoms with van der Waals surface area (Å²) in [5.74, 6) is 1.27. The molecule has 1 aromatic carbocycles. The average molecular weight is 240 g/mol. The van der Waals surface area contributed by atoms with Gasteiger partial charge in [-0.25, -0.2) is 0 Å². The molecule has 2 aromatic rings. The van der Waals surface area contributed by atoms with E-state index in [1.54, 1.807) is 12.3 Å². The molecule has 2 rings (SSSR count). The van der Waals surface area contributed by atoms with Gasteiger partial charge in [0, 0.05) is 5.56 Å². The van der Waals surface area contributed by atoms with Gasteiger partial charge in [-0.3, -0.25) is 5.32 Å².